The predicted molar refractivity (Wildman–Crippen MR) is 106 cm³/mol. The van der Waals surface area contributed by atoms with Crippen molar-refractivity contribution in [3.05, 3.63) is 48.4 Å². The number of thiazole rings is 1. The minimum absolute atomic E-state index is 0.0536. The number of benzene rings is 1. The molecule has 3 heterocycles. The summed E-state index contributed by atoms with van der Waals surface area (Å²) in [6.07, 6.45) is 1.78. The van der Waals surface area contributed by atoms with Crippen molar-refractivity contribution in [2.24, 2.45) is 0 Å². The number of piperazine rings is 1. The fraction of sp³-hybridized carbons (Fsp3) is 0.316. The van der Waals surface area contributed by atoms with Gasteiger partial charge in [0.1, 0.15) is 17.2 Å². The van der Waals surface area contributed by atoms with Gasteiger partial charge in [-0.3, -0.25) is 4.79 Å². The van der Waals surface area contributed by atoms with Crippen LogP contribution in [0.25, 0.3) is 10.2 Å². The summed E-state index contributed by atoms with van der Waals surface area (Å²) in [4.78, 5) is 27.2. The highest BCUT2D eigenvalue weighted by atomic mass is 32.1. The minimum Gasteiger partial charge on any atom is -0.353 e. The summed E-state index contributed by atoms with van der Waals surface area (Å²) in [6, 6.07) is 10.8. The maximum absolute atomic E-state index is 13.8. The van der Waals surface area contributed by atoms with Gasteiger partial charge in [0, 0.05) is 39.4 Å². The first-order chi connectivity index (χ1) is 13.1. The van der Waals surface area contributed by atoms with Crippen LogP contribution in [0, 0.1) is 5.82 Å². The molecule has 27 heavy (non-hydrogen) atoms. The molecule has 0 saturated carbocycles. The van der Waals surface area contributed by atoms with Gasteiger partial charge in [-0.05, 0) is 24.3 Å². The normalized spacial score (nSPS) is 14.6. The fourth-order valence-corrected chi connectivity index (χ4v) is 4.10. The van der Waals surface area contributed by atoms with Crippen LogP contribution in [0.2, 0.25) is 0 Å². The van der Waals surface area contributed by atoms with Gasteiger partial charge in [0.15, 0.2) is 5.13 Å². The second-order valence-electron chi connectivity index (χ2n) is 6.49. The summed E-state index contributed by atoms with van der Waals surface area (Å²) in [5.74, 6) is 0.663. The molecule has 0 bridgehead atoms. The lowest BCUT2D eigenvalue weighted by atomic mass is 10.3. The number of fused-ring (bicyclic) bond motifs is 1. The molecule has 0 unspecified atom stereocenters. The lowest BCUT2D eigenvalue weighted by molar-refractivity contribution is -0.129. The van der Waals surface area contributed by atoms with Gasteiger partial charge in [-0.25, -0.2) is 14.4 Å². The Hall–Kier alpha value is -2.74. The van der Waals surface area contributed by atoms with Crippen LogP contribution in [0.5, 0.6) is 0 Å². The monoisotopic (exact) mass is 385 g/mol. The van der Waals surface area contributed by atoms with Gasteiger partial charge in [0.05, 0.1) is 11.2 Å². The number of amides is 1. The van der Waals surface area contributed by atoms with E-state index in [4.69, 9.17) is 0 Å². The summed E-state index contributed by atoms with van der Waals surface area (Å²) in [7, 11) is 1.82. The molecule has 1 aromatic carbocycles. The number of halogens is 1. The van der Waals surface area contributed by atoms with Crippen LogP contribution in [-0.4, -0.2) is 60.5 Å². The molecule has 1 amide bonds. The molecule has 3 aromatic rings. The first-order valence-electron chi connectivity index (χ1n) is 8.82. The number of anilines is 2. The number of aromatic nitrogens is 2. The number of likely N-dealkylation sites (N-methyl/N-ethyl adjacent to an activating group) is 1. The second kappa shape index (κ2) is 7.48. The second-order valence-corrected chi connectivity index (χ2v) is 7.50. The Labute approximate surface area is 160 Å². The average molecular weight is 385 g/mol. The highest BCUT2D eigenvalue weighted by Gasteiger charge is 2.23. The molecular weight excluding hydrogens is 365 g/mol. The Kier molecular flexibility index (Phi) is 4.89. The molecule has 140 valence electrons. The number of pyridine rings is 1. The molecular formula is C19H20FN5OS. The van der Waals surface area contributed by atoms with E-state index in [0.717, 1.165) is 23.6 Å². The van der Waals surface area contributed by atoms with E-state index in [0.29, 0.717) is 23.7 Å². The average Bonchev–Trinajstić information content (AvgIpc) is 3.15. The molecule has 6 nitrogen and oxygen atoms in total. The number of hydrogen-bond donors (Lipinski definition) is 0. The van der Waals surface area contributed by atoms with Gasteiger partial charge in [0.25, 0.3) is 0 Å². The van der Waals surface area contributed by atoms with Gasteiger partial charge in [-0.15, -0.1) is 0 Å². The summed E-state index contributed by atoms with van der Waals surface area (Å²) in [6.45, 7) is 3.08. The zero-order valence-electron chi connectivity index (χ0n) is 15.0. The zero-order chi connectivity index (χ0) is 18.8. The van der Waals surface area contributed by atoms with Crippen LogP contribution in [0.15, 0.2) is 42.6 Å². The van der Waals surface area contributed by atoms with Crippen molar-refractivity contribution in [1.82, 2.24) is 14.9 Å². The number of rotatable bonds is 4. The molecule has 0 radical (unpaired) electrons. The number of para-hydroxylation sites is 1. The highest BCUT2D eigenvalue weighted by molar-refractivity contribution is 7.22. The molecule has 4 rings (SSSR count). The quantitative estimate of drug-likeness (QED) is 0.691. The fourth-order valence-electron chi connectivity index (χ4n) is 3.16. The smallest absolute Gasteiger partial charge is 0.242 e. The van der Waals surface area contributed by atoms with E-state index < -0.39 is 0 Å². The zero-order valence-corrected chi connectivity index (χ0v) is 15.8. The van der Waals surface area contributed by atoms with Crippen molar-refractivity contribution in [1.29, 1.82) is 0 Å². The van der Waals surface area contributed by atoms with E-state index in [2.05, 4.69) is 14.9 Å². The van der Waals surface area contributed by atoms with Gasteiger partial charge >= 0.3 is 0 Å². The third kappa shape index (κ3) is 3.71. The van der Waals surface area contributed by atoms with Gasteiger partial charge in [0.2, 0.25) is 5.91 Å². The van der Waals surface area contributed by atoms with Crippen LogP contribution in [-0.2, 0) is 4.79 Å². The Bertz CT molecular complexity index is 940. The molecule has 0 spiro atoms. The van der Waals surface area contributed by atoms with Gasteiger partial charge < -0.3 is 14.7 Å². The minimum atomic E-state index is -0.333. The molecule has 1 saturated heterocycles. The lowest BCUT2D eigenvalue weighted by Crippen LogP contribution is -2.51. The van der Waals surface area contributed by atoms with E-state index in [1.807, 2.05) is 36.2 Å². The number of nitrogens with zero attached hydrogens (tertiary/aromatic N) is 5. The molecule has 1 fully saturated rings. The lowest BCUT2D eigenvalue weighted by Gasteiger charge is -2.36. The van der Waals surface area contributed by atoms with E-state index in [-0.39, 0.29) is 18.3 Å². The standard InChI is InChI=1S/C19H20FN5OS/c1-23(19-22-18-14(20)5-4-6-15(18)27-19)13-17(26)25-11-9-24(10-12-25)16-7-2-3-8-21-16/h2-8H,9-13H2,1H3. The molecule has 1 aliphatic rings. The Morgan fingerprint density at radius 2 is 2.00 bits per heavy atom. The van der Waals surface area contributed by atoms with Crippen LogP contribution in [0.1, 0.15) is 0 Å². The topological polar surface area (TPSA) is 52.6 Å². The van der Waals surface area contributed by atoms with Crippen LogP contribution in [0.3, 0.4) is 0 Å². The summed E-state index contributed by atoms with van der Waals surface area (Å²) in [5.41, 5.74) is 0.362. The summed E-state index contributed by atoms with van der Waals surface area (Å²) >= 11 is 1.39. The molecule has 1 aliphatic heterocycles. The maximum atomic E-state index is 13.8. The number of carbonyl (C=O) groups excluding carboxylic acids is 1. The Morgan fingerprint density at radius 1 is 1.19 bits per heavy atom. The first-order valence-corrected chi connectivity index (χ1v) is 9.63. The van der Waals surface area contributed by atoms with Crippen LogP contribution >= 0.6 is 11.3 Å². The SMILES string of the molecule is CN(CC(=O)N1CCN(c2ccccn2)CC1)c1nc2c(F)cccc2s1. The molecule has 0 aliphatic carbocycles. The first kappa shape index (κ1) is 17.7. The van der Waals surface area contributed by atoms with E-state index in [1.165, 1.54) is 17.4 Å². The predicted octanol–water partition coefficient (Wildman–Crippen LogP) is 2.62. The van der Waals surface area contributed by atoms with Crippen molar-refractivity contribution in [3.8, 4) is 0 Å². The Morgan fingerprint density at radius 3 is 2.70 bits per heavy atom. The highest BCUT2D eigenvalue weighted by Crippen LogP contribution is 2.29. The molecule has 2 aromatic heterocycles. The Balaban J connectivity index is 1.37. The van der Waals surface area contributed by atoms with Crippen LogP contribution < -0.4 is 9.80 Å². The molecule has 0 atom stereocenters. The van der Waals surface area contributed by atoms with Gasteiger partial charge in [-0.1, -0.05) is 23.5 Å². The van der Waals surface area contributed by atoms with E-state index in [9.17, 15) is 9.18 Å². The maximum Gasteiger partial charge on any atom is 0.242 e. The largest absolute Gasteiger partial charge is 0.353 e. The van der Waals surface area contributed by atoms with Crippen LogP contribution in [0.4, 0.5) is 15.3 Å². The van der Waals surface area contributed by atoms with E-state index >= 15 is 0 Å². The number of hydrogen-bond acceptors (Lipinski definition) is 6. The van der Waals surface area contributed by atoms with Crippen molar-refractivity contribution in [3.63, 3.8) is 0 Å². The van der Waals surface area contributed by atoms with Crippen molar-refractivity contribution < 1.29 is 9.18 Å². The third-order valence-corrected chi connectivity index (χ3v) is 5.80. The van der Waals surface area contributed by atoms with Crippen molar-refractivity contribution >= 4 is 38.4 Å². The van der Waals surface area contributed by atoms with Crippen molar-refractivity contribution in [2.75, 3.05) is 49.6 Å². The summed E-state index contributed by atoms with van der Waals surface area (Å²) in [5, 5.41) is 0.649. The van der Waals surface area contributed by atoms with Gasteiger partial charge in [-0.2, -0.15) is 0 Å². The number of carbonyl (C=O) groups is 1. The molecule has 0 N–H and O–H groups in total. The summed E-state index contributed by atoms with van der Waals surface area (Å²) < 4.78 is 14.6. The third-order valence-electron chi connectivity index (χ3n) is 4.66. The van der Waals surface area contributed by atoms with E-state index in [1.54, 1.807) is 17.2 Å². The van der Waals surface area contributed by atoms with Crippen molar-refractivity contribution in [2.45, 2.75) is 0 Å². The molecule has 8 heteroatoms.